The zero-order chi connectivity index (χ0) is 14.0. The average Bonchev–Trinajstić information content (AvgIpc) is 2.35. The van der Waals surface area contributed by atoms with Crippen molar-refractivity contribution in [3.63, 3.8) is 0 Å². The summed E-state index contributed by atoms with van der Waals surface area (Å²) in [5.41, 5.74) is 1.91. The predicted molar refractivity (Wildman–Crippen MR) is 65.8 cm³/mol. The minimum Gasteiger partial charge on any atom is -0.480 e. The van der Waals surface area contributed by atoms with Crippen LogP contribution < -0.4 is 16.1 Å². The predicted octanol–water partition coefficient (Wildman–Crippen LogP) is -0.0639. The second kappa shape index (κ2) is 9.23. The lowest BCUT2D eigenvalue weighted by Gasteiger charge is -2.13. The van der Waals surface area contributed by atoms with Gasteiger partial charge in [0.25, 0.3) is 0 Å². The number of nitrogens with one attached hydrogen (secondary N) is 3. The fourth-order valence-corrected chi connectivity index (χ4v) is 1.23. The zero-order valence-electron chi connectivity index (χ0n) is 10.6. The summed E-state index contributed by atoms with van der Waals surface area (Å²) in [4.78, 5) is 25.8. The highest BCUT2D eigenvalue weighted by molar-refractivity contribution is 5.82. The molecule has 0 bridgehead atoms. The van der Waals surface area contributed by atoms with Crippen LogP contribution in [0.1, 0.15) is 26.2 Å². The number of nitrogens with zero attached hydrogens (tertiary/aromatic N) is 1. The van der Waals surface area contributed by atoms with Crippen LogP contribution in [0.15, 0.2) is 4.99 Å². The molecule has 8 heteroatoms. The third-order valence-corrected chi connectivity index (χ3v) is 2.24. The molecule has 0 radical (unpaired) electrons. The summed E-state index contributed by atoms with van der Waals surface area (Å²) in [5, 5.41) is 22.0. The zero-order valence-corrected chi connectivity index (χ0v) is 10.6. The van der Waals surface area contributed by atoms with Gasteiger partial charge in [-0.15, -0.1) is 0 Å². The van der Waals surface area contributed by atoms with Gasteiger partial charge in [0.2, 0.25) is 0 Å². The Bertz CT molecular complexity index is 306. The van der Waals surface area contributed by atoms with Gasteiger partial charge in [0, 0.05) is 13.6 Å². The van der Waals surface area contributed by atoms with Crippen molar-refractivity contribution < 1.29 is 19.9 Å². The number of carboxylic acids is 1. The third kappa shape index (κ3) is 7.44. The van der Waals surface area contributed by atoms with E-state index in [-0.39, 0.29) is 0 Å². The van der Waals surface area contributed by atoms with Crippen LogP contribution in [0.2, 0.25) is 0 Å². The molecular weight excluding hydrogens is 240 g/mol. The third-order valence-electron chi connectivity index (χ3n) is 2.24. The van der Waals surface area contributed by atoms with Crippen molar-refractivity contribution in [1.82, 2.24) is 16.1 Å². The largest absolute Gasteiger partial charge is 0.480 e. The Labute approximate surface area is 105 Å². The summed E-state index contributed by atoms with van der Waals surface area (Å²) >= 11 is 0. The van der Waals surface area contributed by atoms with Gasteiger partial charge < -0.3 is 15.7 Å². The molecule has 2 amide bonds. The molecule has 0 aliphatic heterocycles. The molecule has 1 atom stereocenters. The molecule has 5 N–H and O–H groups in total. The van der Waals surface area contributed by atoms with Crippen molar-refractivity contribution in [2.75, 3.05) is 13.6 Å². The maximum absolute atomic E-state index is 11.0. The van der Waals surface area contributed by atoms with E-state index >= 15 is 0 Å². The molecule has 0 spiro atoms. The molecule has 0 rings (SSSR count). The van der Waals surface area contributed by atoms with Gasteiger partial charge in [-0.05, 0) is 26.2 Å². The van der Waals surface area contributed by atoms with Crippen molar-refractivity contribution in [3.8, 4) is 0 Å². The SMILES string of the molecule is CNC(=O)NC(CCCCN=C(C)NO)C(=O)O. The van der Waals surface area contributed by atoms with E-state index in [0.717, 1.165) is 0 Å². The summed E-state index contributed by atoms with van der Waals surface area (Å²) in [6.07, 6.45) is 1.63. The van der Waals surface area contributed by atoms with Crippen molar-refractivity contribution in [2.45, 2.75) is 32.2 Å². The Morgan fingerprint density at radius 2 is 2.00 bits per heavy atom. The van der Waals surface area contributed by atoms with Gasteiger partial charge in [0.1, 0.15) is 11.9 Å². The standard InChI is InChI=1S/C10H20N4O4/c1-7(14-18)12-6-4-3-5-8(9(15)16)13-10(17)11-2/h8,18H,3-6H2,1-2H3,(H,12,14)(H,15,16)(H2,11,13,17). The number of rotatable bonds is 7. The van der Waals surface area contributed by atoms with E-state index in [4.69, 9.17) is 10.3 Å². The van der Waals surface area contributed by atoms with E-state index in [1.165, 1.54) is 7.05 Å². The molecule has 18 heavy (non-hydrogen) atoms. The summed E-state index contributed by atoms with van der Waals surface area (Å²) in [5.74, 6) is -0.649. The first-order chi connectivity index (χ1) is 8.51. The second-order valence-electron chi connectivity index (χ2n) is 3.69. The number of unbranched alkanes of at least 4 members (excludes halogenated alkanes) is 1. The lowest BCUT2D eigenvalue weighted by molar-refractivity contribution is -0.139. The maximum Gasteiger partial charge on any atom is 0.326 e. The fourth-order valence-electron chi connectivity index (χ4n) is 1.23. The van der Waals surface area contributed by atoms with Gasteiger partial charge in [0.05, 0.1) is 0 Å². The van der Waals surface area contributed by atoms with E-state index < -0.39 is 18.0 Å². The van der Waals surface area contributed by atoms with Crippen molar-refractivity contribution in [3.05, 3.63) is 0 Å². The number of urea groups is 1. The van der Waals surface area contributed by atoms with Crippen molar-refractivity contribution >= 4 is 17.8 Å². The van der Waals surface area contributed by atoms with E-state index in [9.17, 15) is 9.59 Å². The smallest absolute Gasteiger partial charge is 0.326 e. The maximum atomic E-state index is 11.0. The summed E-state index contributed by atoms with van der Waals surface area (Å²) in [6, 6.07) is -1.41. The first-order valence-corrected chi connectivity index (χ1v) is 5.63. The van der Waals surface area contributed by atoms with Gasteiger partial charge in [-0.3, -0.25) is 15.7 Å². The topological polar surface area (TPSA) is 123 Å². The van der Waals surface area contributed by atoms with Crippen LogP contribution in [-0.4, -0.2) is 47.8 Å². The minimum atomic E-state index is -1.06. The van der Waals surface area contributed by atoms with Crippen LogP contribution in [0.5, 0.6) is 0 Å². The van der Waals surface area contributed by atoms with Crippen LogP contribution in [-0.2, 0) is 4.79 Å². The summed E-state index contributed by atoms with van der Waals surface area (Å²) in [6.45, 7) is 2.11. The molecule has 0 aromatic carbocycles. The first-order valence-electron chi connectivity index (χ1n) is 5.63. The van der Waals surface area contributed by atoms with Crippen LogP contribution in [0, 0.1) is 0 Å². The average molecular weight is 260 g/mol. The number of amidine groups is 1. The quantitative estimate of drug-likeness (QED) is 0.190. The highest BCUT2D eigenvalue weighted by atomic mass is 16.5. The molecule has 0 aromatic heterocycles. The lowest BCUT2D eigenvalue weighted by Crippen LogP contribution is -2.44. The minimum absolute atomic E-state index is 0.337. The summed E-state index contributed by atoms with van der Waals surface area (Å²) < 4.78 is 0. The van der Waals surface area contributed by atoms with Crippen LogP contribution in [0.3, 0.4) is 0 Å². The Kier molecular flexibility index (Phi) is 8.29. The number of carboxylic acid groups (broad SMARTS) is 1. The number of carbonyl (C=O) groups excluding carboxylic acids is 1. The highest BCUT2D eigenvalue weighted by Gasteiger charge is 2.18. The molecule has 0 fully saturated rings. The first kappa shape index (κ1) is 16.2. The monoisotopic (exact) mass is 260 g/mol. The number of aliphatic carboxylic acids is 1. The van der Waals surface area contributed by atoms with E-state index in [1.807, 2.05) is 5.48 Å². The highest BCUT2D eigenvalue weighted by Crippen LogP contribution is 2.02. The van der Waals surface area contributed by atoms with Crippen molar-refractivity contribution in [1.29, 1.82) is 0 Å². The molecule has 0 heterocycles. The normalized spacial score (nSPS) is 12.7. The van der Waals surface area contributed by atoms with E-state index in [1.54, 1.807) is 6.92 Å². The van der Waals surface area contributed by atoms with Gasteiger partial charge in [0.15, 0.2) is 0 Å². The molecule has 0 saturated heterocycles. The molecule has 0 aromatic rings. The summed E-state index contributed by atoms with van der Waals surface area (Å²) in [7, 11) is 1.42. The van der Waals surface area contributed by atoms with Gasteiger partial charge in [-0.2, -0.15) is 0 Å². The molecule has 0 saturated carbocycles. The number of hydrogen-bond acceptors (Lipinski definition) is 4. The van der Waals surface area contributed by atoms with Crippen LogP contribution in [0.4, 0.5) is 4.79 Å². The molecular formula is C10H20N4O4. The van der Waals surface area contributed by atoms with Crippen molar-refractivity contribution in [2.24, 2.45) is 4.99 Å². The molecule has 8 nitrogen and oxygen atoms in total. The number of carbonyl (C=O) groups is 2. The molecule has 104 valence electrons. The Morgan fingerprint density at radius 1 is 1.33 bits per heavy atom. The van der Waals surface area contributed by atoms with E-state index in [2.05, 4.69) is 15.6 Å². The fraction of sp³-hybridized carbons (Fsp3) is 0.700. The number of aliphatic imine (C=N–C) groups is 1. The molecule has 1 unspecified atom stereocenters. The number of amides is 2. The molecule has 0 aliphatic rings. The van der Waals surface area contributed by atoms with Gasteiger partial charge in [-0.25, -0.2) is 9.59 Å². The van der Waals surface area contributed by atoms with Gasteiger partial charge in [-0.1, -0.05) is 0 Å². The van der Waals surface area contributed by atoms with Gasteiger partial charge >= 0.3 is 12.0 Å². The van der Waals surface area contributed by atoms with E-state index in [0.29, 0.717) is 31.6 Å². The number of hydroxylamine groups is 1. The number of hydrogen-bond donors (Lipinski definition) is 5. The Balaban J connectivity index is 3.91. The lowest BCUT2D eigenvalue weighted by atomic mass is 10.1. The second-order valence-corrected chi connectivity index (χ2v) is 3.69. The molecule has 0 aliphatic carbocycles. The van der Waals surface area contributed by atoms with Crippen LogP contribution >= 0.6 is 0 Å². The van der Waals surface area contributed by atoms with Crippen LogP contribution in [0.25, 0.3) is 0 Å². The Hall–Kier alpha value is -1.83. The Morgan fingerprint density at radius 3 is 2.50 bits per heavy atom.